The third-order valence-electron chi connectivity index (χ3n) is 3.23. The first-order valence-corrected chi connectivity index (χ1v) is 7.17. The minimum atomic E-state index is 0.419. The third kappa shape index (κ3) is 3.47. The lowest BCUT2D eigenvalue weighted by molar-refractivity contribution is 0.328. The van der Waals surface area contributed by atoms with E-state index in [2.05, 4.69) is 39.1 Å². The number of anilines is 1. The molecule has 2 rings (SSSR count). The Labute approximate surface area is 117 Å². The van der Waals surface area contributed by atoms with Crippen LogP contribution in [-0.2, 0) is 0 Å². The van der Waals surface area contributed by atoms with Crippen LogP contribution in [0.25, 0.3) is 0 Å². The van der Waals surface area contributed by atoms with Crippen molar-refractivity contribution in [3.05, 3.63) is 28.2 Å². The molecule has 1 heterocycles. The molecule has 1 aromatic rings. The van der Waals surface area contributed by atoms with Crippen LogP contribution in [0, 0.1) is 11.3 Å². The molecule has 1 atom stereocenters. The van der Waals surface area contributed by atoms with Crippen LogP contribution in [0.1, 0.15) is 25.3 Å². The summed E-state index contributed by atoms with van der Waals surface area (Å²) in [6.45, 7) is 5.73. The molecule has 1 aromatic carbocycles. The van der Waals surface area contributed by atoms with Gasteiger partial charge in [-0.15, -0.1) is 0 Å². The van der Waals surface area contributed by atoms with Crippen LogP contribution >= 0.6 is 15.9 Å². The minimum absolute atomic E-state index is 0.419. The fourth-order valence-electron chi connectivity index (χ4n) is 2.38. The summed E-state index contributed by atoms with van der Waals surface area (Å²) >= 11 is 3.41. The van der Waals surface area contributed by atoms with Crippen molar-refractivity contribution in [3.8, 4) is 6.07 Å². The maximum atomic E-state index is 8.87. The van der Waals surface area contributed by atoms with Crippen LogP contribution in [0.5, 0.6) is 0 Å². The molecule has 1 N–H and O–H groups in total. The van der Waals surface area contributed by atoms with E-state index in [4.69, 9.17) is 5.26 Å². The number of benzene rings is 1. The Kier molecular flexibility index (Phi) is 4.62. The van der Waals surface area contributed by atoms with Crippen molar-refractivity contribution in [1.82, 2.24) is 4.90 Å². The summed E-state index contributed by atoms with van der Waals surface area (Å²) in [5.74, 6) is 0. The van der Waals surface area contributed by atoms with Crippen LogP contribution in [0.3, 0.4) is 0 Å². The zero-order valence-electron chi connectivity index (χ0n) is 10.6. The highest BCUT2D eigenvalue weighted by Crippen LogP contribution is 2.21. The van der Waals surface area contributed by atoms with Crippen molar-refractivity contribution < 1.29 is 0 Å². The zero-order valence-corrected chi connectivity index (χ0v) is 12.2. The third-order valence-corrected chi connectivity index (χ3v) is 3.89. The Morgan fingerprint density at radius 1 is 1.44 bits per heavy atom. The second-order valence-corrected chi connectivity index (χ2v) is 5.71. The van der Waals surface area contributed by atoms with Crippen molar-refractivity contribution in [2.45, 2.75) is 25.8 Å². The van der Waals surface area contributed by atoms with Gasteiger partial charge in [-0.05, 0) is 67.0 Å². The van der Waals surface area contributed by atoms with Gasteiger partial charge in [-0.2, -0.15) is 5.26 Å². The molecule has 0 saturated carbocycles. The quantitative estimate of drug-likeness (QED) is 0.928. The summed E-state index contributed by atoms with van der Waals surface area (Å²) in [5.41, 5.74) is 1.74. The molecular weight excluding hydrogens is 290 g/mol. The number of hydrogen-bond donors (Lipinski definition) is 1. The van der Waals surface area contributed by atoms with Crippen molar-refractivity contribution in [1.29, 1.82) is 5.26 Å². The average molecular weight is 308 g/mol. The number of nitrogens with zero attached hydrogens (tertiary/aromatic N) is 2. The molecule has 1 unspecified atom stereocenters. The average Bonchev–Trinajstić information content (AvgIpc) is 2.82. The first kappa shape index (κ1) is 13.4. The summed E-state index contributed by atoms with van der Waals surface area (Å²) in [4.78, 5) is 2.50. The van der Waals surface area contributed by atoms with Gasteiger partial charge in [-0.1, -0.05) is 0 Å². The topological polar surface area (TPSA) is 39.1 Å². The number of nitrogens with one attached hydrogen (secondary N) is 1. The molecule has 0 amide bonds. The first-order chi connectivity index (χ1) is 8.69. The monoisotopic (exact) mass is 307 g/mol. The van der Waals surface area contributed by atoms with Crippen LogP contribution in [0.15, 0.2) is 22.7 Å². The molecule has 0 spiro atoms. The predicted molar refractivity (Wildman–Crippen MR) is 77.6 cm³/mol. The summed E-state index contributed by atoms with van der Waals surface area (Å²) in [6.07, 6.45) is 2.66. The Hall–Kier alpha value is -1.05. The van der Waals surface area contributed by atoms with Gasteiger partial charge in [0.15, 0.2) is 0 Å². The molecule has 1 saturated heterocycles. The highest BCUT2D eigenvalue weighted by atomic mass is 79.9. The summed E-state index contributed by atoms with van der Waals surface area (Å²) in [6, 6.07) is 8.35. The largest absolute Gasteiger partial charge is 0.381 e. The molecule has 0 aromatic heterocycles. The number of rotatable bonds is 4. The zero-order chi connectivity index (χ0) is 13.0. The Morgan fingerprint density at radius 3 is 2.78 bits per heavy atom. The lowest BCUT2D eigenvalue weighted by Gasteiger charge is -2.22. The molecule has 3 nitrogen and oxygen atoms in total. The molecule has 18 heavy (non-hydrogen) atoms. The van der Waals surface area contributed by atoms with Crippen LogP contribution < -0.4 is 5.32 Å². The Balaban J connectivity index is 1.92. The molecule has 0 radical (unpaired) electrons. The van der Waals surface area contributed by atoms with E-state index in [1.807, 2.05) is 18.2 Å². The van der Waals surface area contributed by atoms with Gasteiger partial charge in [0.2, 0.25) is 0 Å². The smallest absolute Gasteiger partial charge is 0.100 e. The second-order valence-electron chi connectivity index (χ2n) is 4.86. The summed E-state index contributed by atoms with van der Waals surface area (Å²) in [7, 11) is 0. The van der Waals surface area contributed by atoms with Crippen molar-refractivity contribution in [2.75, 3.05) is 25.0 Å². The molecular formula is C14H18BrN3. The number of halogens is 1. The van der Waals surface area contributed by atoms with Gasteiger partial charge in [0.05, 0.1) is 5.56 Å². The van der Waals surface area contributed by atoms with E-state index < -0.39 is 0 Å². The predicted octanol–water partition coefficient (Wildman–Crippen LogP) is 3.22. The van der Waals surface area contributed by atoms with Crippen LogP contribution in [0.4, 0.5) is 5.69 Å². The van der Waals surface area contributed by atoms with Gasteiger partial charge in [-0.25, -0.2) is 0 Å². The normalized spacial score (nSPS) is 17.4. The molecule has 96 valence electrons. The van der Waals surface area contributed by atoms with Gasteiger partial charge in [0, 0.05) is 22.7 Å². The lowest BCUT2D eigenvalue weighted by Crippen LogP contribution is -2.32. The molecule has 1 aliphatic rings. The SMILES string of the molecule is CC(CN1CCCC1)Nc1ccc(C#N)c(Br)c1. The van der Waals surface area contributed by atoms with Crippen molar-refractivity contribution in [2.24, 2.45) is 0 Å². The van der Waals surface area contributed by atoms with E-state index in [0.29, 0.717) is 11.6 Å². The van der Waals surface area contributed by atoms with E-state index in [9.17, 15) is 0 Å². The maximum absolute atomic E-state index is 8.87. The van der Waals surface area contributed by atoms with Gasteiger partial charge in [-0.3, -0.25) is 0 Å². The minimum Gasteiger partial charge on any atom is -0.381 e. The molecule has 0 bridgehead atoms. The number of nitriles is 1. The number of hydrogen-bond acceptors (Lipinski definition) is 3. The maximum Gasteiger partial charge on any atom is 0.100 e. The fourth-order valence-corrected chi connectivity index (χ4v) is 2.85. The second kappa shape index (κ2) is 6.21. The van der Waals surface area contributed by atoms with Gasteiger partial charge in [0.25, 0.3) is 0 Å². The van der Waals surface area contributed by atoms with Gasteiger partial charge < -0.3 is 10.2 Å². The molecule has 1 fully saturated rings. The summed E-state index contributed by atoms with van der Waals surface area (Å²) in [5, 5.41) is 12.4. The Bertz CT molecular complexity index is 447. The van der Waals surface area contributed by atoms with Crippen LogP contribution in [-0.4, -0.2) is 30.6 Å². The van der Waals surface area contributed by atoms with E-state index in [1.54, 1.807) is 0 Å². The summed E-state index contributed by atoms with van der Waals surface area (Å²) < 4.78 is 0.850. The van der Waals surface area contributed by atoms with Crippen molar-refractivity contribution >= 4 is 21.6 Å². The van der Waals surface area contributed by atoms with Crippen molar-refractivity contribution in [3.63, 3.8) is 0 Å². The van der Waals surface area contributed by atoms with E-state index in [-0.39, 0.29) is 0 Å². The highest BCUT2D eigenvalue weighted by Gasteiger charge is 2.14. The van der Waals surface area contributed by atoms with Gasteiger partial charge in [0.1, 0.15) is 6.07 Å². The van der Waals surface area contributed by atoms with E-state index in [0.717, 1.165) is 16.7 Å². The molecule has 0 aliphatic carbocycles. The lowest BCUT2D eigenvalue weighted by atomic mass is 10.2. The van der Waals surface area contributed by atoms with E-state index >= 15 is 0 Å². The fraction of sp³-hybridized carbons (Fsp3) is 0.500. The highest BCUT2D eigenvalue weighted by molar-refractivity contribution is 9.10. The first-order valence-electron chi connectivity index (χ1n) is 6.37. The molecule has 1 aliphatic heterocycles. The number of likely N-dealkylation sites (tertiary alicyclic amines) is 1. The van der Waals surface area contributed by atoms with Gasteiger partial charge >= 0.3 is 0 Å². The Morgan fingerprint density at radius 2 is 2.17 bits per heavy atom. The van der Waals surface area contributed by atoms with E-state index in [1.165, 1.54) is 25.9 Å². The standard InChI is InChI=1S/C14H18BrN3/c1-11(10-18-6-2-3-7-18)17-13-5-4-12(9-16)14(15)8-13/h4-5,8,11,17H,2-3,6-7,10H2,1H3. The van der Waals surface area contributed by atoms with Crippen LogP contribution in [0.2, 0.25) is 0 Å². The molecule has 4 heteroatoms.